The number of benzene rings is 1. The number of methoxy groups -OCH3 is 1. The molecule has 0 aliphatic heterocycles. The maximum atomic E-state index is 11.5. The van der Waals surface area contributed by atoms with Crippen molar-refractivity contribution in [3.05, 3.63) is 47.3 Å². The van der Waals surface area contributed by atoms with Crippen molar-refractivity contribution in [2.24, 2.45) is 0 Å². The summed E-state index contributed by atoms with van der Waals surface area (Å²) in [6.07, 6.45) is 4.91. The molecule has 5 heteroatoms. The van der Waals surface area contributed by atoms with Crippen molar-refractivity contribution in [1.82, 2.24) is 4.98 Å². The van der Waals surface area contributed by atoms with E-state index < -0.39 is 5.97 Å². The van der Waals surface area contributed by atoms with Crippen molar-refractivity contribution in [2.75, 3.05) is 12.4 Å². The van der Waals surface area contributed by atoms with E-state index in [0.29, 0.717) is 11.8 Å². The predicted octanol–water partition coefficient (Wildman–Crippen LogP) is 3.90. The van der Waals surface area contributed by atoms with Crippen LogP contribution in [0.15, 0.2) is 30.5 Å². The molecule has 0 spiro atoms. The van der Waals surface area contributed by atoms with Crippen molar-refractivity contribution in [3.63, 3.8) is 0 Å². The van der Waals surface area contributed by atoms with Crippen molar-refractivity contribution in [1.29, 1.82) is 0 Å². The van der Waals surface area contributed by atoms with Crippen LogP contribution in [0.4, 0.5) is 11.4 Å². The molecule has 1 fully saturated rings. The van der Waals surface area contributed by atoms with Gasteiger partial charge >= 0.3 is 5.97 Å². The lowest BCUT2D eigenvalue weighted by Gasteiger charge is -2.21. The Bertz CT molecular complexity index is 788. The largest absolute Gasteiger partial charge is 0.497 e. The summed E-state index contributed by atoms with van der Waals surface area (Å²) in [6.45, 7) is 0. The second kappa shape index (κ2) is 5.26. The van der Waals surface area contributed by atoms with E-state index in [4.69, 9.17) is 4.74 Å². The fourth-order valence-electron chi connectivity index (χ4n) is 4.03. The predicted molar refractivity (Wildman–Crippen MR) is 86.8 cm³/mol. The minimum absolute atomic E-state index is 0.225. The summed E-state index contributed by atoms with van der Waals surface area (Å²) in [4.78, 5) is 15.7. The second-order valence-electron chi connectivity index (χ2n) is 6.22. The molecule has 1 aromatic heterocycles. The summed E-state index contributed by atoms with van der Waals surface area (Å²) in [7, 11) is 1.64. The number of anilines is 2. The summed E-state index contributed by atoms with van der Waals surface area (Å²) in [5, 5.41) is 12.8. The highest BCUT2D eigenvalue weighted by molar-refractivity contribution is 5.89. The maximum absolute atomic E-state index is 11.5. The van der Waals surface area contributed by atoms with Crippen LogP contribution in [-0.2, 0) is 0 Å². The van der Waals surface area contributed by atoms with Gasteiger partial charge in [0.2, 0.25) is 0 Å². The zero-order valence-corrected chi connectivity index (χ0v) is 12.9. The summed E-state index contributed by atoms with van der Waals surface area (Å²) in [6, 6.07) is 7.70. The van der Waals surface area contributed by atoms with Gasteiger partial charge < -0.3 is 15.2 Å². The van der Waals surface area contributed by atoms with Gasteiger partial charge in [0, 0.05) is 11.8 Å². The van der Waals surface area contributed by atoms with Gasteiger partial charge in [-0.25, -0.2) is 9.78 Å². The smallest absolute Gasteiger partial charge is 0.354 e. The van der Waals surface area contributed by atoms with Crippen LogP contribution >= 0.6 is 0 Å². The normalized spacial score (nSPS) is 21.1. The number of carboxylic acid groups (broad SMARTS) is 1. The van der Waals surface area contributed by atoms with Gasteiger partial charge in [-0.2, -0.15) is 0 Å². The Kier molecular flexibility index (Phi) is 3.22. The average molecular weight is 310 g/mol. The number of carbonyl (C=O) groups is 1. The van der Waals surface area contributed by atoms with Crippen LogP contribution in [-0.4, -0.2) is 23.2 Å². The number of aromatic carboxylic acids is 1. The molecule has 1 heterocycles. The first-order chi connectivity index (χ1) is 11.2. The number of hydrogen-bond donors (Lipinski definition) is 2. The third-order valence-electron chi connectivity index (χ3n) is 4.96. The quantitative estimate of drug-likeness (QED) is 0.896. The molecule has 0 radical (unpaired) electrons. The zero-order chi connectivity index (χ0) is 16.0. The lowest BCUT2D eigenvalue weighted by atomic mass is 9.89. The first-order valence-electron chi connectivity index (χ1n) is 7.84. The van der Waals surface area contributed by atoms with E-state index in [1.165, 1.54) is 0 Å². The van der Waals surface area contributed by atoms with E-state index >= 15 is 0 Å². The Balaban J connectivity index is 1.77. The lowest BCUT2D eigenvalue weighted by molar-refractivity contribution is 0.0688. The molecule has 23 heavy (non-hydrogen) atoms. The Morgan fingerprint density at radius 1 is 1.30 bits per heavy atom. The number of nitrogens with one attached hydrogen (secondary N) is 1. The average Bonchev–Trinajstić information content (AvgIpc) is 3.17. The topological polar surface area (TPSA) is 71.5 Å². The van der Waals surface area contributed by atoms with E-state index in [1.807, 2.05) is 24.3 Å². The molecular formula is C18H18N2O3. The van der Waals surface area contributed by atoms with Gasteiger partial charge in [0.15, 0.2) is 5.69 Å². The van der Waals surface area contributed by atoms with Crippen LogP contribution < -0.4 is 10.1 Å². The molecular weight excluding hydrogens is 292 g/mol. The van der Waals surface area contributed by atoms with Gasteiger partial charge in [0.1, 0.15) is 5.75 Å². The van der Waals surface area contributed by atoms with Crippen LogP contribution in [0.3, 0.4) is 0 Å². The number of aromatic nitrogens is 1. The Morgan fingerprint density at radius 3 is 2.83 bits per heavy atom. The molecule has 0 saturated heterocycles. The minimum atomic E-state index is -0.929. The molecule has 2 aromatic rings. The highest BCUT2D eigenvalue weighted by Gasteiger charge is 2.41. The van der Waals surface area contributed by atoms with Crippen molar-refractivity contribution in [2.45, 2.75) is 31.1 Å². The fourth-order valence-corrected chi connectivity index (χ4v) is 4.03. The fraction of sp³-hybridized carbons (Fsp3) is 0.333. The standard InChI is InChI=1S/C18H18N2O3/c1-23-13-4-2-3-12(8-13)20-14-9-19-17(18(21)22)16-11-6-5-10(7-11)15(14)16/h2-4,8-11,20H,5-7H2,1H3,(H,21,22). The highest BCUT2D eigenvalue weighted by atomic mass is 16.5. The molecule has 0 amide bonds. The number of hydrogen-bond acceptors (Lipinski definition) is 4. The maximum Gasteiger partial charge on any atom is 0.354 e. The summed E-state index contributed by atoms with van der Waals surface area (Å²) >= 11 is 0. The Morgan fingerprint density at radius 2 is 2.09 bits per heavy atom. The molecule has 5 nitrogen and oxygen atoms in total. The molecule has 2 bridgehead atoms. The van der Waals surface area contributed by atoms with Crippen molar-refractivity contribution in [3.8, 4) is 5.75 Å². The van der Waals surface area contributed by atoms with Crippen LogP contribution in [0, 0.1) is 0 Å². The van der Waals surface area contributed by atoms with Gasteiger partial charge in [-0.3, -0.25) is 0 Å². The Hall–Kier alpha value is -2.56. The van der Waals surface area contributed by atoms with Gasteiger partial charge in [-0.15, -0.1) is 0 Å². The van der Waals surface area contributed by atoms with Crippen LogP contribution in [0.1, 0.15) is 52.7 Å². The summed E-state index contributed by atoms with van der Waals surface area (Å²) < 4.78 is 5.25. The minimum Gasteiger partial charge on any atom is -0.497 e. The van der Waals surface area contributed by atoms with E-state index in [0.717, 1.165) is 47.5 Å². The first kappa shape index (κ1) is 14.1. The number of pyridine rings is 1. The summed E-state index contributed by atoms with van der Waals surface area (Å²) in [5.41, 5.74) is 4.16. The van der Waals surface area contributed by atoms with E-state index in [-0.39, 0.29) is 5.69 Å². The molecule has 118 valence electrons. The number of carboxylic acids is 1. The number of nitrogens with zero attached hydrogens (tertiary/aromatic N) is 1. The number of fused-ring (bicyclic) bond motifs is 5. The van der Waals surface area contributed by atoms with Crippen molar-refractivity contribution >= 4 is 17.3 Å². The van der Waals surface area contributed by atoms with Gasteiger partial charge in [-0.05, 0) is 54.4 Å². The van der Waals surface area contributed by atoms with Gasteiger partial charge in [-0.1, -0.05) is 6.07 Å². The van der Waals surface area contributed by atoms with E-state index in [9.17, 15) is 9.90 Å². The Labute approximate surface area is 134 Å². The van der Waals surface area contributed by atoms with Gasteiger partial charge in [0.05, 0.1) is 19.0 Å². The van der Waals surface area contributed by atoms with Crippen LogP contribution in [0.25, 0.3) is 0 Å². The molecule has 2 aliphatic carbocycles. The van der Waals surface area contributed by atoms with Crippen LogP contribution in [0.5, 0.6) is 5.75 Å². The zero-order valence-electron chi connectivity index (χ0n) is 12.9. The molecule has 2 unspecified atom stereocenters. The molecule has 2 atom stereocenters. The monoisotopic (exact) mass is 310 g/mol. The third-order valence-corrected chi connectivity index (χ3v) is 4.96. The van der Waals surface area contributed by atoms with E-state index in [1.54, 1.807) is 13.3 Å². The molecule has 2 N–H and O–H groups in total. The summed E-state index contributed by atoms with van der Waals surface area (Å²) in [5.74, 6) is 0.648. The first-order valence-corrected chi connectivity index (χ1v) is 7.84. The van der Waals surface area contributed by atoms with E-state index in [2.05, 4.69) is 10.3 Å². The van der Waals surface area contributed by atoms with Crippen LogP contribution in [0.2, 0.25) is 0 Å². The SMILES string of the molecule is COc1cccc(Nc2cnc(C(=O)O)c3c2C2CCC3C2)c1. The van der Waals surface area contributed by atoms with Gasteiger partial charge in [0.25, 0.3) is 0 Å². The molecule has 1 saturated carbocycles. The number of ether oxygens (including phenoxy) is 1. The number of rotatable bonds is 4. The molecule has 1 aromatic carbocycles. The lowest BCUT2D eigenvalue weighted by Crippen LogP contribution is -2.12. The van der Waals surface area contributed by atoms with Crippen molar-refractivity contribution < 1.29 is 14.6 Å². The third kappa shape index (κ3) is 2.23. The molecule has 2 aliphatic rings. The molecule has 4 rings (SSSR count). The second-order valence-corrected chi connectivity index (χ2v) is 6.22. The highest BCUT2D eigenvalue weighted by Crippen LogP contribution is 2.56.